The molecule has 0 aliphatic heterocycles. The fourth-order valence-electron chi connectivity index (χ4n) is 1.97. The van der Waals surface area contributed by atoms with E-state index >= 15 is 0 Å². The summed E-state index contributed by atoms with van der Waals surface area (Å²) in [7, 11) is 1.44. The van der Waals surface area contributed by atoms with Crippen LogP contribution in [0.4, 0.5) is 4.39 Å². The molecule has 0 saturated heterocycles. The van der Waals surface area contributed by atoms with E-state index in [4.69, 9.17) is 9.26 Å². The Morgan fingerprint density at radius 2 is 2.00 bits per heavy atom. The third-order valence-corrected chi connectivity index (χ3v) is 2.94. The van der Waals surface area contributed by atoms with E-state index in [1.54, 1.807) is 18.2 Å². The van der Waals surface area contributed by atoms with Gasteiger partial charge in [-0.15, -0.1) is 0 Å². The van der Waals surface area contributed by atoms with Crippen molar-refractivity contribution in [3.05, 3.63) is 48.3 Å². The minimum atomic E-state index is -0.513. The van der Waals surface area contributed by atoms with E-state index in [9.17, 15) is 9.50 Å². The molecule has 0 atom stereocenters. The number of hydrogen-bond acceptors (Lipinski definition) is 5. The number of hydrogen-bond donors (Lipinski definition) is 1. The Balaban J connectivity index is 2.07. The number of methoxy groups -OCH3 is 1. The third kappa shape index (κ3) is 2.43. The second-order valence-electron chi connectivity index (χ2n) is 4.29. The van der Waals surface area contributed by atoms with E-state index in [2.05, 4.69) is 10.1 Å². The van der Waals surface area contributed by atoms with Gasteiger partial charge in [0.05, 0.1) is 7.11 Å². The molecule has 0 aliphatic carbocycles. The highest BCUT2D eigenvalue weighted by Crippen LogP contribution is 2.32. The maximum absolute atomic E-state index is 14.0. The van der Waals surface area contributed by atoms with Gasteiger partial charge in [0.25, 0.3) is 5.89 Å². The second-order valence-corrected chi connectivity index (χ2v) is 4.29. The molecule has 6 heteroatoms. The molecule has 0 saturated carbocycles. The van der Waals surface area contributed by atoms with Crippen LogP contribution in [0.5, 0.6) is 11.5 Å². The first-order chi connectivity index (χ1) is 10.2. The molecule has 21 heavy (non-hydrogen) atoms. The second kappa shape index (κ2) is 5.24. The molecule has 1 aromatic heterocycles. The largest absolute Gasteiger partial charge is 0.508 e. The Morgan fingerprint density at radius 3 is 2.76 bits per heavy atom. The van der Waals surface area contributed by atoms with Gasteiger partial charge in [0.1, 0.15) is 22.9 Å². The van der Waals surface area contributed by atoms with Crippen LogP contribution in [-0.4, -0.2) is 22.4 Å². The van der Waals surface area contributed by atoms with Gasteiger partial charge in [0, 0.05) is 5.56 Å². The van der Waals surface area contributed by atoms with Crippen LogP contribution in [0.2, 0.25) is 0 Å². The first-order valence-corrected chi connectivity index (χ1v) is 6.15. The van der Waals surface area contributed by atoms with Gasteiger partial charge in [0.2, 0.25) is 5.82 Å². The van der Waals surface area contributed by atoms with Crippen molar-refractivity contribution in [2.75, 3.05) is 7.11 Å². The molecule has 3 aromatic rings. The SMILES string of the molecule is COc1cccc(F)c1-c1nc(-c2cccc(O)c2)no1. The van der Waals surface area contributed by atoms with E-state index in [-0.39, 0.29) is 23.0 Å². The van der Waals surface area contributed by atoms with E-state index in [0.717, 1.165) is 0 Å². The van der Waals surface area contributed by atoms with E-state index in [1.165, 1.54) is 31.4 Å². The Morgan fingerprint density at radius 1 is 1.19 bits per heavy atom. The maximum atomic E-state index is 14.0. The van der Waals surface area contributed by atoms with Crippen LogP contribution in [0.1, 0.15) is 0 Å². The molecular formula is C15H11FN2O3. The van der Waals surface area contributed by atoms with Crippen molar-refractivity contribution in [2.24, 2.45) is 0 Å². The molecule has 1 N–H and O–H groups in total. The summed E-state index contributed by atoms with van der Waals surface area (Å²) in [6, 6.07) is 10.8. The van der Waals surface area contributed by atoms with Crippen molar-refractivity contribution in [1.82, 2.24) is 10.1 Å². The molecule has 0 spiro atoms. The zero-order chi connectivity index (χ0) is 14.8. The highest BCUT2D eigenvalue weighted by atomic mass is 19.1. The average Bonchev–Trinajstić information content (AvgIpc) is 2.96. The topological polar surface area (TPSA) is 68.4 Å². The molecule has 106 valence electrons. The molecule has 2 aromatic carbocycles. The molecule has 1 heterocycles. The van der Waals surface area contributed by atoms with Crippen LogP contribution < -0.4 is 4.74 Å². The fourth-order valence-corrected chi connectivity index (χ4v) is 1.97. The normalized spacial score (nSPS) is 10.6. The Kier molecular flexibility index (Phi) is 3.27. The number of aromatic nitrogens is 2. The lowest BCUT2D eigenvalue weighted by atomic mass is 10.2. The van der Waals surface area contributed by atoms with Crippen LogP contribution >= 0.6 is 0 Å². The lowest BCUT2D eigenvalue weighted by Crippen LogP contribution is -1.91. The van der Waals surface area contributed by atoms with Crippen LogP contribution in [0.25, 0.3) is 22.8 Å². The van der Waals surface area contributed by atoms with Gasteiger partial charge in [0.15, 0.2) is 0 Å². The summed E-state index contributed by atoms with van der Waals surface area (Å²) in [5, 5.41) is 13.3. The standard InChI is InChI=1S/C15H11FN2O3/c1-20-12-7-3-6-11(16)13(12)15-17-14(18-21-15)9-4-2-5-10(19)8-9/h2-8,19H,1H3. The lowest BCUT2D eigenvalue weighted by Gasteiger charge is -2.04. The van der Waals surface area contributed by atoms with Crippen molar-refractivity contribution in [2.45, 2.75) is 0 Å². The summed E-state index contributed by atoms with van der Waals surface area (Å²) in [5.74, 6) is 0.151. The van der Waals surface area contributed by atoms with Crippen LogP contribution in [0.15, 0.2) is 47.0 Å². The van der Waals surface area contributed by atoms with Gasteiger partial charge in [-0.2, -0.15) is 4.98 Å². The van der Waals surface area contributed by atoms with Gasteiger partial charge in [-0.05, 0) is 24.3 Å². The predicted octanol–water partition coefficient (Wildman–Crippen LogP) is 3.26. The number of benzene rings is 2. The number of phenolic OH excluding ortho intramolecular Hbond substituents is 1. The van der Waals surface area contributed by atoms with Crippen molar-refractivity contribution >= 4 is 0 Å². The molecule has 5 nitrogen and oxygen atoms in total. The smallest absolute Gasteiger partial charge is 0.265 e. The minimum absolute atomic E-state index is 0.0169. The number of nitrogens with zero attached hydrogens (tertiary/aromatic N) is 2. The summed E-state index contributed by atoms with van der Waals surface area (Å²) < 4.78 is 24.2. The summed E-state index contributed by atoms with van der Waals surface area (Å²) in [4.78, 5) is 4.15. The number of phenols is 1. The van der Waals surface area contributed by atoms with Gasteiger partial charge in [-0.1, -0.05) is 23.4 Å². The number of aromatic hydroxyl groups is 1. The van der Waals surface area contributed by atoms with Crippen LogP contribution in [0, 0.1) is 5.82 Å². The Hall–Kier alpha value is -2.89. The first kappa shape index (κ1) is 13.1. The first-order valence-electron chi connectivity index (χ1n) is 6.15. The van der Waals surface area contributed by atoms with Crippen LogP contribution in [-0.2, 0) is 0 Å². The zero-order valence-corrected chi connectivity index (χ0v) is 11.1. The van der Waals surface area contributed by atoms with E-state index < -0.39 is 5.82 Å². The van der Waals surface area contributed by atoms with Crippen molar-refractivity contribution in [1.29, 1.82) is 0 Å². The number of rotatable bonds is 3. The predicted molar refractivity (Wildman–Crippen MR) is 73.3 cm³/mol. The fraction of sp³-hybridized carbons (Fsp3) is 0.0667. The minimum Gasteiger partial charge on any atom is -0.508 e. The summed E-state index contributed by atoms with van der Waals surface area (Å²) in [5.41, 5.74) is 0.680. The number of ether oxygens (including phenoxy) is 1. The van der Waals surface area contributed by atoms with Gasteiger partial charge < -0.3 is 14.4 Å². The molecule has 3 rings (SSSR count). The quantitative estimate of drug-likeness (QED) is 0.800. The zero-order valence-electron chi connectivity index (χ0n) is 11.1. The summed E-state index contributed by atoms with van der Waals surface area (Å²) in [6.07, 6.45) is 0. The van der Waals surface area contributed by atoms with Crippen molar-refractivity contribution in [3.63, 3.8) is 0 Å². The maximum Gasteiger partial charge on any atom is 0.265 e. The molecule has 0 radical (unpaired) electrons. The Bertz CT molecular complexity index is 786. The van der Waals surface area contributed by atoms with Gasteiger partial charge >= 0.3 is 0 Å². The molecule has 0 bridgehead atoms. The van der Waals surface area contributed by atoms with E-state index in [0.29, 0.717) is 11.3 Å². The van der Waals surface area contributed by atoms with E-state index in [1.807, 2.05) is 0 Å². The molecule has 0 fully saturated rings. The third-order valence-electron chi connectivity index (χ3n) is 2.94. The molecule has 0 unspecified atom stereocenters. The monoisotopic (exact) mass is 286 g/mol. The molecule has 0 amide bonds. The summed E-state index contributed by atoms with van der Waals surface area (Å²) in [6.45, 7) is 0. The van der Waals surface area contributed by atoms with Crippen molar-refractivity contribution < 1.29 is 18.8 Å². The van der Waals surface area contributed by atoms with Crippen LogP contribution in [0.3, 0.4) is 0 Å². The molecular weight excluding hydrogens is 275 g/mol. The number of halogens is 1. The van der Waals surface area contributed by atoms with Gasteiger partial charge in [-0.25, -0.2) is 4.39 Å². The summed E-state index contributed by atoms with van der Waals surface area (Å²) >= 11 is 0. The highest BCUT2D eigenvalue weighted by molar-refractivity contribution is 5.66. The Labute approximate surface area is 119 Å². The highest BCUT2D eigenvalue weighted by Gasteiger charge is 2.19. The van der Waals surface area contributed by atoms with Gasteiger partial charge in [-0.3, -0.25) is 0 Å². The average molecular weight is 286 g/mol. The molecule has 0 aliphatic rings. The van der Waals surface area contributed by atoms with Crippen molar-refractivity contribution in [3.8, 4) is 34.3 Å². The lowest BCUT2D eigenvalue weighted by molar-refractivity contribution is 0.401.